The molecule has 0 saturated carbocycles. The number of hydrogen-bond donors (Lipinski definition) is 2. The van der Waals surface area contributed by atoms with E-state index < -0.39 is 30.7 Å². The van der Waals surface area contributed by atoms with E-state index in [9.17, 15) is 23.1 Å². The zero-order valence-electron chi connectivity index (χ0n) is 12.4. The normalized spacial score (nSPS) is 17.1. The standard InChI is InChI=1S/C16H17F3N2O2/c17-16(18,19)15(23)8-11-21(12-9-15)14(22)20-10-4-7-13-5-2-1-3-6-13/h1-3,5-6,23H,8-12H2,(H,20,22). The van der Waals surface area contributed by atoms with Crippen LogP contribution in [0.25, 0.3) is 0 Å². The molecule has 7 heteroatoms. The lowest BCUT2D eigenvalue weighted by Gasteiger charge is -2.38. The van der Waals surface area contributed by atoms with Gasteiger partial charge in [0.2, 0.25) is 0 Å². The van der Waals surface area contributed by atoms with Crippen molar-refractivity contribution in [2.75, 3.05) is 19.6 Å². The number of piperidine rings is 1. The molecule has 1 fully saturated rings. The van der Waals surface area contributed by atoms with Crippen LogP contribution in [0.15, 0.2) is 30.3 Å². The molecule has 0 unspecified atom stereocenters. The minimum atomic E-state index is -4.67. The molecule has 1 aromatic carbocycles. The van der Waals surface area contributed by atoms with Crippen molar-refractivity contribution in [1.82, 2.24) is 10.2 Å². The van der Waals surface area contributed by atoms with Crippen molar-refractivity contribution in [2.24, 2.45) is 0 Å². The average molecular weight is 326 g/mol. The van der Waals surface area contributed by atoms with E-state index in [0.717, 1.165) is 5.56 Å². The molecule has 23 heavy (non-hydrogen) atoms. The van der Waals surface area contributed by atoms with E-state index in [2.05, 4.69) is 17.2 Å². The second-order valence-corrected chi connectivity index (χ2v) is 5.34. The van der Waals surface area contributed by atoms with Gasteiger partial charge in [0.1, 0.15) is 0 Å². The molecule has 4 nitrogen and oxygen atoms in total. The van der Waals surface area contributed by atoms with Crippen LogP contribution in [0, 0.1) is 11.8 Å². The first kappa shape index (κ1) is 17.2. The van der Waals surface area contributed by atoms with E-state index in [4.69, 9.17) is 0 Å². The van der Waals surface area contributed by atoms with Crippen molar-refractivity contribution in [1.29, 1.82) is 0 Å². The zero-order valence-corrected chi connectivity index (χ0v) is 12.4. The summed E-state index contributed by atoms with van der Waals surface area (Å²) in [5.74, 6) is 5.64. The number of carbonyl (C=O) groups excluding carboxylic acids is 1. The molecule has 2 amide bonds. The number of urea groups is 1. The maximum Gasteiger partial charge on any atom is 0.417 e. The zero-order chi connectivity index (χ0) is 16.9. The van der Waals surface area contributed by atoms with Crippen LogP contribution in [-0.4, -0.2) is 47.4 Å². The fourth-order valence-electron chi connectivity index (χ4n) is 2.26. The van der Waals surface area contributed by atoms with Gasteiger partial charge >= 0.3 is 12.2 Å². The molecule has 1 heterocycles. The molecular weight excluding hydrogens is 309 g/mol. The van der Waals surface area contributed by atoms with Crippen molar-refractivity contribution in [3.63, 3.8) is 0 Å². The van der Waals surface area contributed by atoms with Crippen LogP contribution in [0.5, 0.6) is 0 Å². The highest BCUT2D eigenvalue weighted by Crippen LogP contribution is 2.38. The minimum Gasteiger partial charge on any atom is -0.380 e. The van der Waals surface area contributed by atoms with Gasteiger partial charge in [-0.3, -0.25) is 0 Å². The third kappa shape index (κ3) is 4.39. The number of aliphatic hydroxyl groups is 1. The highest BCUT2D eigenvalue weighted by Gasteiger charge is 2.54. The molecule has 0 radical (unpaired) electrons. The van der Waals surface area contributed by atoms with Gasteiger partial charge in [0.15, 0.2) is 5.60 Å². The molecule has 124 valence electrons. The van der Waals surface area contributed by atoms with Crippen LogP contribution in [0.4, 0.5) is 18.0 Å². The third-order valence-electron chi connectivity index (χ3n) is 3.74. The summed E-state index contributed by atoms with van der Waals surface area (Å²) in [7, 11) is 0. The number of carbonyl (C=O) groups is 1. The molecule has 2 rings (SSSR count). The van der Waals surface area contributed by atoms with Crippen LogP contribution < -0.4 is 5.32 Å². The number of rotatable bonds is 1. The first-order valence-electron chi connectivity index (χ1n) is 7.18. The van der Waals surface area contributed by atoms with E-state index in [0.29, 0.717) is 0 Å². The SMILES string of the molecule is O=C(NCC#Cc1ccccc1)N1CCC(O)(C(F)(F)F)CC1. The molecular formula is C16H17F3N2O2. The summed E-state index contributed by atoms with van der Waals surface area (Å²) < 4.78 is 38.0. The van der Waals surface area contributed by atoms with Crippen molar-refractivity contribution >= 4 is 6.03 Å². The highest BCUT2D eigenvalue weighted by molar-refractivity contribution is 5.74. The molecule has 1 aliphatic rings. The molecule has 1 aromatic rings. The summed E-state index contributed by atoms with van der Waals surface area (Å²) in [6, 6.07) is 8.74. The number of nitrogens with one attached hydrogen (secondary N) is 1. The average Bonchev–Trinajstić information content (AvgIpc) is 2.52. The molecule has 0 aliphatic carbocycles. The molecule has 2 N–H and O–H groups in total. The number of benzene rings is 1. The molecule has 0 bridgehead atoms. The summed E-state index contributed by atoms with van der Waals surface area (Å²) in [5.41, 5.74) is -1.88. The second kappa shape index (κ2) is 6.92. The second-order valence-electron chi connectivity index (χ2n) is 5.34. The van der Waals surface area contributed by atoms with E-state index in [-0.39, 0.29) is 19.6 Å². The van der Waals surface area contributed by atoms with Gasteiger partial charge in [-0.2, -0.15) is 13.2 Å². The lowest BCUT2D eigenvalue weighted by atomic mass is 9.91. The Morgan fingerprint density at radius 2 is 1.87 bits per heavy atom. The fraction of sp³-hybridized carbons (Fsp3) is 0.438. The summed E-state index contributed by atoms with van der Waals surface area (Å²) in [5, 5.41) is 12.1. The Hall–Kier alpha value is -2.20. The third-order valence-corrected chi connectivity index (χ3v) is 3.74. The van der Waals surface area contributed by atoms with Crippen LogP contribution >= 0.6 is 0 Å². The van der Waals surface area contributed by atoms with Crippen LogP contribution in [-0.2, 0) is 0 Å². The van der Waals surface area contributed by atoms with Crippen molar-refractivity contribution < 1.29 is 23.1 Å². The van der Waals surface area contributed by atoms with Gasteiger partial charge in [-0.1, -0.05) is 30.0 Å². The Balaban J connectivity index is 1.79. The smallest absolute Gasteiger partial charge is 0.380 e. The largest absolute Gasteiger partial charge is 0.417 e. The van der Waals surface area contributed by atoms with Gasteiger partial charge < -0.3 is 15.3 Å². The summed E-state index contributed by atoms with van der Waals surface area (Å²) >= 11 is 0. The Labute approximate surface area is 132 Å². The lowest BCUT2D eigenvalue weighted by Crippen LogP contribution is -2.55. The molecule has 1 aliphatic heterocycles. The summed E-state index contributed by atoms with van der Waals surface area (Å²) in [4.78, 5) is 13.1. The van der Waals surface area contributed by atoms with E-state index in [1.165, 1.54) is 4.90 Å². The topological polar surface area (TPSA) is 52.6 Å². The van der Waals surface area contributed by atoms with Crippen molar-refractivity contribution in [2.45, 2.75) is 24.6 Å². The number of likely N-dealkylation sites (tertiary alicyclic amines) is 1. The van der Waals surface area contributed by atoms with Crippen molar-refractivity contribution in [3.05, 3.63) is 35.9 Å². The van der Waals surface area contributed by atoms with Gasteiger partial charge in [-0.15, -0.1) is 0 Å². The van der Waals surface area contributed by atoms with Crippen LogP contribution in [0.2, 0.25) is 0 Å². The Kier molecular flexibility index (Phi) is 5.16. The summed E-state index contributed by atoms with van der Waals surface area (Å²) in [6.45, 7) is -0.185. The first-order chi connectivity index (χ1) is 10.8. The number of amides is 2. The van der Waals surface area contributed by atoms with Crippen LogP contribution in [0.1, 0.15) is 18.4 Å². The Bertz CT molecular complexity index is 597. The van der Waals surface area contributed by atoms with E-state index >= 15 is 0 Å². The van der Waals surface area contributed by atoms with Gasteiger partial charge in [0.25, 0.3) is 0 Å². The number of nitrogens with zero attached hydrogens (tertiary/aromatic N) is 1. The number of alkyl halides is 3. The Morgan fingerprint density at radius 3 is 2.43 bits per heavy atom. The van der Waals surface area contributed by atoms with Gasteiger partial charge in [0.05, 0.1) is 6.54 Å². The monoisotopic (exact) mass is 326 g/mol. The van der Waals surface area contributed by atoms with Crippen molar-refractivity contribution in [3.8, 4) is 11.8 Å². The number of hydrogen-bond acceptors (Lipinski definition) is 2. The lowest BCUT2D eigenvalue weighted by molar-refractivity contribution is -0.271. The fourth-order valence-corrected chi connectivity index (χ4v) is 2.26. The van der Waals surface area contributed by atoms with E-state index in [1.807, 2.05) is 30.3 Å². The van der Waals surface area contributed by atoms with Crippen LogP contribution in [0.3, 0.4) is 0 Å². The minimum absolute atomic E-state index is 0.105. The van der Waals surface area contributed by atoms with E-state index in [1.54, 1.807) is 0 Å². The quantitative estimate of drug-likeness (QED) is 0.777. The number of halogens is 3. The van der Waals surface area contributed by atoms with Gasteiger partial charge in [-0.05, 0) is 12.1 Å². The molecule has 0 atom stereocenters. The molecule has 1 saturated heterocycles. The predicted molar refractivity (Wildman–Crippen MR) is 78.5 cm³/mol. The predicted octanol–water partition coefficient (Wildman–Crippen LogP) is 2.14. The van der Waals surface area contributed by atoms with Gasteiger partial charge in [0, 0.05) is 31.5 Å². The highest BCUT2D eigenvalue weighted by atomic mass is 19.4. The summed E-state index contributed by atoms with van der Waals surface area (Å²) in [6.07, 6.45) is -5.70. The molecule has 0 spiro atoms. The van der Waals surface area contributed by atoms with Gasteiger partial charge in [-0.25, -0.2) is 4.79 Å². The molecule has 0 aromatic heterocycles. The maximum absolute atomic E-state index is 12.7. The Morgan fingerprint density at radius 1 is 1.26 bits per heavy atom. The first-order valence-corrected chi connectivity index (χ1v) is 7.18. The maximum atomic E-state index is 12.7.